The zero-order chi connectivity index (χ0) is 22.8. The minimum atomic E-state index is -0.176. The molecule has 4 unspecified atom stereocenters. The van der Waals surface area contributed by atoms with E-state index < -0.39 is 0 Å². The van der Waals surface area contributed by atoms with Crippen molar-refractivity contribution in [3.63, 3.8) is 0 Å². The first-order valence-electron chi connectivity index (χ1n) is 11.7. The van der Waals surface area contributed by atoms with Crippen molar-refractivity contribution in [2.24, 2.45) is 45.9 Å². The van der Waals surface area contributed by atoms with Crippen molar-refractivity contribution in [3.05, 3.63) is 0 Å². The topological polar surface area (TPSA) is 215 Å². The van der Waals surface area contributed by atoms with Crippen LogP contribution in [0.3, 0.4) is 0 Å². The van der Waals surface area contributed by atoms with Gasteiger partial charge in [0.05, 0.1) is 18.5 Å². The number of hydrogen-bond donors (Lipinski definition) is 8. The zero-order valence-electron chi connectivity index (χ0n) is 19.1. The highest BCUT2D eigenvalue weighted by atomic mass is 15.3. The summed E-state index contributed by atoms with van der Waals surface area (Å²) in [5, 5.41) is 0. The lowest BCUT2D eigenvalue weighted by Gasteiger charge is -2.34. The lowest BCUT2D eigenvalue weighted by Crippen LogP contribution is -2.53. The van der Waals surface area contributed by atoms with E-state index in [-0.39, 0.29) is 24.5 Å². The summed E-state index contributed by atoms with van der Waals surface area (Å²) >= 11 is 0. The van der Waals surface area contributed by atoms with Gasteiger partial charge < -0.3 is 45.9 Å². The van der Waals surface area contributed by atoms with Crippen LogP contribution in [0.4, 0.5) is 0 Å². The van der Waals surface area contributed by atoms with Gasteiger partial charge in [-0.25, -0.2) is 0 Å². The molecule has 0 aromatic rings. The maximum absolute atomic E-state index is 6.44. The number of nitrogens with zero attached hydrogens (tertiary/aromatic N) is 2. The molecule has 0 spiro atoms. The second kappa shape index (κ2) is 19.3. The minimum Gasteiger partial charge on any atom is -0.330 e. The Hall–Kier alpha value is -0.400. The number of rotatable bonds is 21. The van der Waals surface area contributed by atoms with Crippen molar-refractivity contribution in [3.8, 4) is 0 Å². The highest BCUT2D eigenvalue weighted by Crippen LogP contribution is 2.12. The largest absolute Gasteiger partial charge is 0.330 e. The third kappa shape index (κ3) is 13.8. The fourth-order valence-electron chi connectivity index (χ4n) is 3.61. The predicted octanol–water partition coefficient (Wildman–Crippen LogP) is -1.88. The summed E-state index contributed by atoms with van der Waals surface area (Å²) in [6, 6.07) is -0.0769. The van der Waals surface area contributed by atoms with Crippen LogP contribution in [-0.4, -0.2) is 80.2 Å². The van der Waals surface area contributed by atoms with Crippen LogP contribution in [0.15, 0.2) is 0 Å². The smallest absolute Gasteiger partial charge is 0.0698 e. The highest BCUT2D eigenvalue weighted by Gasteiger charge is 2.20. The van der Waals surface area contributed by atoms with Gasteiger partial charge in [0.2, 0.25) is 0 Å². The van der Waals surface area contributed by atoms with Crippen LogP contribution in [0.2, 0.25) is 0 Å². The molecule has 0 amide bonds. The average molecular weight is 433 g/mol. The molecule has 16 N–H and O–H groups in total. The first-order valence-corrected chi connectivity index (χ1v) is 11.7. The van der Waals surface area contributed by atoms with Crippen LogP contribution in [-0.2, 0) is 0 Å². The van der Waals surface area contributed by atoms with Gasteiger partial charge in [-0.15, -0.1) is 0 Å². The molecule has 0 aromatic carbocycles. The van der Waals surface area contributed by atoms with Crippen molar-refractivity contribution in [1.29, 1.82) is 0 Å². The maximum atomic E-state index is 6.44. The summed E-state index contributed by atoms with van der Waals surface area (Å²) in [6.07, 6.45) is 8.81. The van der Waals surface area contributed by atoms with Crippen molar-refractivity contribution in [2.75, 3.05) is 45.8 Å². The standard InChI is InChI=1S/C20H52N10/c21-10-4-3-8-18(26)30(19(27)9-7-11-22)13-6-2-1-5-12-29(20(28)15-24)16-17(25)14-23/h17-20H,1-16,21-28H2. The first-order chi connectivity index (χ1) is 14.4. The van der Waals surface area contributed by atoms with Crippen LogP contribution in [0.5, 0.6) is 0 Å². The third-order valence-electron chi connectivity index (χ3n) is 5.60. The molecule has 0 saturated heterocycles. The summed E-state index contributed by atoms with van der Waals surface area (Å²) < 4.78 is 0. The second-order valence-electron chi connectivity index (χ2n) is 8.30. The van der Waals surface area contributed by atoms with Crippen molar-refractivity contribution in [2.45, 2.75) is 82.3 Å². The van der Waals surface area contributed by atoms with Crippen LogP contribution >= 0.6 is 0 Å². The van der Waals surface area contributed by atoms with Gasteiger partial charge in [-0.3, -0.25) is 9.80 Å². The summed E-state index contributed by atoms with van der Waals surface area (Å²) in [6.45, 7) is 4.67. The third-order valence-corrected chi connectivity index (χ3v) is 5.60. The molecular weight excluding hydrogens is 380 g/mol. The second-order valence-corrected chi connectivity index (χ2v) is 8.30. The van der Waals surface area contributed by atoms with Gasteiger partial charge in [-0.2, -0.15) is 0 Å². The number of hydrogen-bond acceptors (Lipinski definition) is 10. The quantitative estimate of drug-likeness (QED) is 0.0745. The van der Waals surface area contributed by atoms with E-state index in [0.29, 0.717) is 32.7 Å². The Morgan fingerprint density at radius 2 is 1.10 bits per heavy atom. The van der Waals surface area contributed by atoms with E-state index in [0.717, 1.165) is 70.9 Å². The van der Waals surface area contributed by atoms with Gasteiger partial charge in [0.1, 0.15) is 0 Å². The van der Waals surface area contributed by atoms with E-state index in [4.69, 9.17) is 45.9 Å². The Morgan fingerprint density at radius 1 is 0.533 bits per heavy atom. The van der Waals surface area contributed by atoms with Crippen LogP contribution in [0.25, 0.3) is 0 Å². The summed E-state index contributed by atoms with van der Waals surface area (Å²) in [4.78, 5) is 4.38. The molecule has 0 fully saturated rings. The van der Waals surface area contributed by atoms with E-state index in [1.807, 2.05) is 0 Å². The van der Waals surface area contributed by atoms with E-state index >= 15 is 0 Å². The molecule has 0 heterocycles. The Morgan fingerprint density at radius 3 is 1.63 bits per heavy atom. The van der Waals surface area contributed by atoms with Crippen molar-refractivity contribution in [1.82, 2.24) is 9.80 Å². The molecule has 0 bridgehead atoms. The molecule has 10 nitrogen and oxygen atoms in total. The van der Waals surface area contributed by atoms with Crippen LogP contribution in [0.1, 0.15) is 57.8 Å². The van der Waals surface area contributed by atoms with E-state index in [2.05, 4.69) is 9.80 Å². The van der Waals surface area contributed by atoms with Gasteiger partial charge in [-0.1, -0.05) is 12.8 Å². The van der Waals surface area contributed by atoms with E-state index in [1.54, 1.807) is 0 Å². The fourth-order valence-corrected chi connectivity index (χ4v) is 3.61. The zero-order valence-corrected chi connectivity index (χ0v) is 19.1. The first kappa shape index (κ1) is 29.6. The maximum Gasteiger partial charge on any atom is 0.0698 e. The Bertz CT molecular complexity index is 373. The van der Waals surface area contributed by atoms with E-state index in [9.17, 15) is 0 Å². The van der Waals surface area contributed by atoms with Gasteiger partial charge in [0.15, 0.2) is 0 Å². The molecule has 10 heteroatoms. The van der Waals surface area contributed by atoms with Crippen molar-refractivity contribution < 1.29 is 0 Å². The van der Waals surface area contributed by atoms with Crippen molar-refractivity contribution >= 4 is 0 Å². The molecular formula is C20H52N10. The number of nitrogens with two attached hydrogens (primary N) is 8. The Kier molecular flexibility index (Phi) is 19.0. The van der Waals surface area contributed by atoms with Crippen LogP contribution < -0.4 is 45.9 Å². The van der Waals surface area contributed by atoms with Gasteiger partial charge in [0, 0.05) is 32.2 Å². The fraction of sp³-hybridized carbons (Fsp3) is 1.00. The molecule has 4 atom stereocenters. The van der Waals surface area contributed by atoms with Crippen LogP contribution in [0, 0.1) is 0 Å². The molecule has 0 radical (unpaired) electrons. The SMILES string of the molecule is NCCCCC(N)N(CCCCCCN(CC(N)CN)C(N)CN)C(N)CCCN. The molecule has 0 saturated carbocycles. The predicted molar refractivity (Wildman–Crippen MR) is 128 cm³/mol. The average Bonchev–Trinajstić information content (AvgIpc) is 2.75. The van der Waals surface area contributed by atoms with Gasteiger partial charge in [0.25, 0.3) is 0 Å². The Balaban J connectivity index is 4.37. The molecule has 0 aliphatic heterocycles. The van der Waals surface area contributed by atoms with Gasteiger partial charge >= 0.3 is 0 Å². The summed E-state index contributed by atoms with van der Waals surface area (Å²) in [7, 11) is 0. The normalized spacial score (nSPS) is 16.2. The number of unbranched alkanes of at least 4 members (excludes halogenated alkanes) is 4. The Labute approximate surface area is 184 Å². The lowest BCUT2D eigenvalue weighted by molar-refractivity contribution is 0.119. The minimum absolute atomic E-state index is 0.0277. The lowest BCUT2D eigenvalue weighted by atomic mass is 10.1. The highest BCUT2D eigenvalue weighted by molar-refractivity contribution is 4.75. The molecule has 182 valence electrons. The summed E-state index contributed by atoms with van der Waals surface area (Å²) in [5.41, 5.74) is 47.6. The van der Waals surface area contributed by atoms with Gasteiger partial charge in [-0.05, 0) is 64.6 Å². The molecule has 0 aromatic heterocycles. The molecule has 30 heavy (non-hydrogen) atoms. The molecule has 0 rings (SSSR count). The monoisotopic (exact) mass is 432 g/mol. The van der Waals surface area contributed by atoms with E-state index in [1.165, 1.54) is 0 Å². The summed E-state index contributed by atoms with van der Waals surface area (Å²) in [5.74, 6) is 0. The molecule has 0 aliphatic carbocycles. The molecule has 0 aliphatic rings.